The summed E-state index contributed by atoms with van der Waals surface area (Å²) in [5.74, 6) is 8.31. The van der Waals surface area contributed by atoms with Crippen LogP contribution in [-0.4, -0.2) is 148 Å². The minimum Gasteiger partial charge on any atom is -0.508 e. The van der Waals surface area contributed by atoms with Crippen molar-refractivity contribution in [1.82, 2.24) is 0 Å². The van der Waals surface area contributed by atoms with Gasteiger partial charge in [-0.05, 0) is 284 Å². The molecule has 0 fully saturated rings. The van der Waals surface area contributed by atoms with Crippen LogP contribution in [0.5, 0.6) is 109 Å². The van der Waals surface area contributed by atoms with E-state index in [-0.39, 0.29) is 66.3 Å². The molecule has 10 unspecified atom stereocenters. The average Bonchev–Trinajstić information content (AvgIpc) is 0.737. The third kappa shape index (κ3) is 19.3. The molecule has 5 aliphatic rings. The summed E-state index contributed by atoms with van der Waals surface area (Å²) in [7, 11) is 14.5. The van der Waals surface area contributed by atoms with Crippen LogP contribution in [0.1, 0.15) is 152 Å². The Morgan fingerprint density at radius 2 is 0.400 bits per heavy atom. The van der Waals surface area contributed by atoms with Gasteiger partial charge < -0.3 is 117 Å². The molecule has 24 heteroatoms. The van der Waals surface area contributed by atoms with Crippen molar-refractivity contribution in [1.29, 1.82) is 0 Å². The van der Waals surface area contributed by atoms with Gasteiger partial charge >= 0.3 is 0 Å². The number of benzene rings is 15. The summed E-state index contributed by atoms with van der Waals surface area (Å²) in [6, 6.07) is 89.9. The second-order valence-electron chi connectivity index (χ2n) is 36.7. The Balaban J connectivity index is 0.000000130. The van der Waals surface area contributed by atoms with Crippen LogP contribution in [0.4, 0.5) is 0 Å². The van der Waals surface area contributed by atoms with Crippen LogP contribution in [0.15, 0.2) is 297 Å². The van der Waals surface area contributed by atoms with E-state index in [9.17, 15) is 51.1 Å². The second kappa shape index (κ2) is 42.8. The van der Waals surface area contributed by atoms with E-state index in [1.54, 1.807) is 158 Å². The summed E-state index contributed by atoms with van der Waals surface area (Å²) in [6.45, 7) is 14.9. The summed E-state index contributed by atoms with van der Waals surface area (Å²) < 4.78 is 78.3. The van der Waals surface area contributed by atoms with Gasteiger partial charge in [0.15, 0.2) is 11.5 Å². The molecule has 145 heavy (non-hydrogen) atoms. The molecule has 0 radical (unpaired) electrons. The van der Waals surface area contributed by atoms with Gasteiger partial charge in [-0.3, -0.25) is 0 Å². The fraction of sp³-hybridized carbons (Fsp3) is 0.256. The first kappa shape index (κ1) is 102. The Kier molecular flexibility index (Phi) is 30.2. The van der Waals surface area contributed by atoms with Gasteiger partial charge in [0.25, 0.3) is 0 Å². The lowest BCUT2D eigenvalue weighted by Crippen LogP contribution is -2.42. The number of hydrogen-bond donors (Lipinski definition) is 10. The van der Waals surface area contributed by atoms with Crippen LogP contribution in [-0.2, 0) is 28.0 Å². The van der Waals surface area contributed by atoms with Crippen molar-refractivity contribution < 1.29 is 117 Å². The fourth-order valence-electron chi connectivity index (χ4n) is 20.3. The van der Waals surface area contributed by atoms with Gasteiger partial charge in [0.05, 0.1) is 127 Å². The number of hydrogen-bond acceptors (Lipinski definition) is 24. The molecule has 750 valence electrons. The predicted octanol–water partition coefficient (Wildman–Crippen LogP) is 21.3. The molecule has 5 aliphatic heterocycles. The molecule has 0 bridgehead atoms. The van der Waals surface area contributed by atoms with Crippen LogP contribution < -0.4 is 66.3 Å². The first-order valence-corrected chi connectivity index (χ1v) is 47.6. The third-order valence-corrected chi connectivity index (χ3v) is 29.1. The standard InChI is InChI=1S/C25H26O6.C25H26O4.C24H24O5.C24H24O4.C23H22O5/c1-15-21(26)11-10-19-24(15)31-14-20(16-5-12-22(29-3)23(13-16)30-4)25(19,27)17-6-8-18(28-2)9-7-17;1-16-5-14-22-24(17(16)2)29-15-23(18-6-10-20(27-3)11-7-18)25(22,26)19-8-12-21(28-4)13-9-19;1-15-22(25)13-12-20-23(15)29-14-21(16-4-8-18(27-2)9-5-16)24(20,26)17-6-10-19(28-3)11-7-17;1-15-4-13-21-23(16(15)2)28-14-22(17-5-9-19(25)10-6-17)24(21,26)18-7-11-20(27-3)12-8-18;1-14-21(25)12-11-19-22(14)28-13-20(15-3-7-17(24)8-4-15)23(19,26)16-5-9-18(27-2)10-6-16/h5-13,20,26-27H,14H2,1-4H3;5-14,23,26H,15H2,1-4H3;4-13,21,25-26H,14H2,1-3H3;4-13,22,25-26H,14H2,1-3H3;3-12,20,24-26H,13H2,1-2H3. The van der Waals surface area contributed by atoms with Gasteiger partial charge in [0.1, 0.15) is 126 Å². The number of aryl methyl sites for hydroxylation is 2. The Morgan fingerprint density at radius 1 is 0.207 bits per heavy atom. The number of methoxy groups -OCH3 is 9. The Morgan fingerprint density at radius 3 is 0.621 bits per heavy atom. The van der Waals surface area contributed by atoms with Crippen molar-refractivity contribution in [2.24, 2.45) is 0 Å². The molecular weight excluding hydrogens is 1840 g/mol. The lowest BCUT2D eigenvalue weighted by Gasteiger charge is -2.42. The number of ether oxygens (including phenoxy) is 14. The highest BCUT2D eigenvalue weighted by molar-refractivity contribution is 5.65. The smallest absolute Gasteiger partial charge is 0.161 e. The zero-order chi connectivity index (χ0) is 103. The van der Waals surface area contributed by atoms with E-state index in [1.165, 1.54) is 0 Å². The molecular formula is C121H122O24. The summed E-state index contributed by atoms with van der Waals surface area (Å²) in [5, 5.41) is 111. The number of fused-ring (bicyclic) bond motifs is 5. The van der Waals surface area contributed by atoms with E-state index in [0.29, 0.717) is 104 Å². The van der Waals surface area contributed by atoms with Crippen LogP contribution in [0.2, 0.25) is 0 Å². The highest BCUT2D eigenvalue weighted by Gasteiger charge is 2.53. The molecule has 0 spiro atoms. The first-order chi connectivity index (χ1) is 69.8. The molecule has 20 rings (SSSR count). The van der Waals surface area contributed by atoms with E-state index in [4.69, 9.17) is 66.3 Å². The molecule has 0 aliphatic carbocycles. The molecule has 10 atom stereocenters. The number of phenolic OH excluding ortho intramolecular Hbond substituents is 5. The van der Waals surface area contributed by atoms with E-state index in [0.717, 1.165) is 112 Å². The maximum atomic E-state index is 12.3. The molecule has 15 aromatic carbocycles. The molecule has 5 heterocycles. The SMILES string of the molecule is COc1ccc(C2(O)c3ccc(C)c(C)c3OCC2c2ccc(O)cc2)cc1.COc1ccc(C2(O)c3ccc(O)c(C)c3OCC2c2ccc(O)cc2)cc1.COc1ccc(C2(O)c3ccc(O)c(C)c3OCC2c2ccc(OC)c(OC)c2)cc1.COc1ccc(C2COc3c(ccc(C)c3C)C2(O)c2ccc(OC)cc2)cc1.COc1ccc(C2COc3c(ccc(O)c3C)C2(O)c2ccc(OC)cc2)cc1. The number of rotatable bonds is 19. The van der Waals surface area contributed by atoms with E-state index in [1.807, 2.05) is 245 Å². The van der Waals surface area contributed by atoms with Crippen LogP contribution in [0.25, 0.3) is 0 Å². The normalized spacial score (nSPS) is 20.5. The van der Waals surface area contributed by atoms with Gasteiger partial charge in [-0.15, -0.1) is 0 Å². The zero-order valence-corrected chi connectivity index (χ0v) is 83.9. The van der Waals surface area contributed by atoms with E-state index in [2.05, 4.69) is 6.92 Å². The topological polar surface area (TPSA) is 332 Å². The summed E-state index contributed by atoms with van der Waals surface area (Å²) in [4.78, 5) is 0. The van der Waals surface area contributed by atoms with Crippen molar-refractivity contribution in [2.75, 3.05) is 97.0 Å². The largest absolute Gasteiger partial charge is 0.508 e. The molecule has 0 amide bonds. The van der Waals surface area contributed by atoms with Crippen molar-refractivity contribution >= 4 is 0 Å². The van der Waals surface area contributed by atoms with Gasteiger partial charge in [-0.1, -0.05) is 140 Å². The molecule has 24 nitrogen and oxygen atoms in total. The van der Waals surface area contributed by atoms with Gasteiger partial charge in [0, 0.05) is 44.5 Å². The molecule has 15 aromatic rings. The lowest BCUT2D eigenvalue weighted by atomic mass is 9.71. The highest BCUT2D eigenvalue weighted by atomic mass is 16.5. The first-order valence-electron chi connectivity index (χ1n) is 47.6. The maximum Gasteiger partial charge on any atom is 0.161 e. The van der Waals surface area contributed by atoms with Crippen molar-refractivity contribution in [3.05, 3.63) is 420 Å². The Labute approximate surface area is 844 Å². The molecule has 0 aromatic heterocycles. The van der Waals surface area contributed by atoms with Crippen molar-refractivity contribution in [3.8, 4) is 109 Å². The van der Waals surface area contributed by atoms with Gasteiger partial charge in [0.2, 0.25) is 0 Å². The molecule has 10 N–H and O–H groups in total. The number of aromatic hydroxyl groups is 5. The monoisotopic (exact) mass is 1960 g/mol. The Bertz CT molecular complexity index is 6730. The summed E-state index contributed by atoms with van der Waals surface area (Å²) in [5.41, 5.74) is 11.1. The van der Waals surface area contributed by atoms with Crippen LogP contribution in [0, 0.1) is 48.5 Å². The second-order valence-corrected chi connectivity index (χ2v) is 36.7. The van der Waals surface area contributed by atoms with Crippen LogP contribution >= 0.6 is 0 Å². The van der Waals surface area contributed by atoms with Crippen molar-refractivity contribution in [3.63, 3.8) is 0 Å². The fourth-order valence-corrected chi connectivity index (χ4v) is 20.3. The van der Waals surface area contributed by atoms with Gasteiger partial charge in [-0.2, -0.15) is 0 Å². The third-order valence-electron chi connectivity index (χ3n) is 29.1. The quantitative estimate of drug-likeness (QED) is 0.0359. The van der Waals surface area contributed by atoms with Crippen molar-refractivity contribution in [2.45, 2.75) is 106 Å². The maximum absolute atomic E-state index is 12.3. The average molecular weight is 1960 g/mol. The minimum atomic E-state index is -1.40. The minimum absolute atomic E-state index is 0.124. The van der Waals surface area contributed by atoms with Crippen LogP contribution in [0.3, 0.4) is 0 Å². The highest BCUT2D eigenvalue weighted by Crippen LogP contribution is 2.59. The number of aliphatic hydroxyl groups is 5. The Hall–Kier alpha value is -15.7. The number of phenols is 5. The summed E-state index contributed by atoms with van der Waals surface area (Å²) >= 11 is 0. The van der Waals surface area contributed by atoms with E-state index < -0.39 is 39.8 Å². The van der Waals surface area contributed by atoms with E-state index >= 15 is 0 Å². The van der Waals surface area contributed by atoms with Gasteiger partial charge in [-0.25, -0.2) is 0 Å². The molecule has 0 saturated heterocycles. The predicted molar refractivity (Wildman–Crippen MR) is 553 cm³/mol. The summed E-state index contributed by atoms with van der Waals surface area (Å²) in [6.07, 6.45) is 0. The molecule has 0 saturated carbocycles. The zero-order valence-electron chi connectivity index (χ0n) is 83.9. The lowest BCUT2D eigenvalue weighted by molar-refractivity contribution is 0.00977.